The van der Waals surface area contributed by atoms with Crippen LogP contribution in [0.3, 0.4) is 0 Å². The summed E-state index contributed by atoms with van der Waals surface area (Å²) in [5, 5.41) is 6.38. The average molecular weight is 405 g/mol. The first-order chi connectivity index (χ1) is 13.9. The van der Waals surface area contributed by atoms with Crippen LogP contribution >= 0.6 is 0 Å². The summed E-state index contributed by atoms with van der Waals surface area (Å²) in [4.78, 5) is 10.8. The van der Waals surface area contributed by atoms with E-state index in [1.165, 1.54) is 51.6 Å². The minimum atomic E-state index is 0.398. The standard InChI is InChI=1S/C11H17N.C8H14O.C5H11N.C2H6/c1-6-11(5)12-8-7-10(4)9(2)3;1-7(9)8-5-3-2-4-6-8;1-2-4-6-5-3-1;1-2/h6-8,12H,2,4H2,1,3,5H3;8H,2-6H2,1H3;6H,1-5H2;1-2H3/b8-7-,11-6-;;;. The van der Waals surface area contributed by atoms with Crippen LogP contribution in [0, 0.1) is 5.92 Å². The molecular formula is C26H48N2O. The van der Waals surface area contributed by atoms with E-state index in [1.54, 1.807) is 6.92 Å². The third kappa shape index (κ3) is 19.5. The van der Waals surface area contributed by atoms with Gasteiger partial charge in [-0.15, -0.1) is 0 Å². The first-order valence-corrected chi connectivity index (χ1v) is 11.5. The van der Waals surface area contributed by atoms with Gasteiger partial charge >= 0.3 is 0 Å². The number of piperidine rings is 1. The van der Waals surface area contributed by atoms with Gasteiger partial charge in [-0.25, -0.2) is 0 Å². The van der Waals surface area contributed by atoms with Gasteiger partial charge in [-0.1, -0.05) is 64.3 Å². The fourth-order valence-corrected chi connectivity index (χ4v) is 2.81. The predicted octanol–water partition coefficient (Wildman–Crippen LogP) is 7.09. The summed E-state index contributed by atoms with van der Waals surface area (Å²) in [6, 6.07) is 0. The number of rotatable bonds is 5. The van der Waals surface area contributed by atoms with Gasteiger partial charge in [0.1, 0.15) is 5.78 Å². The van der Waals surface area contributed by atoms with Crippen LogP contribution in [-0.2, 0) is 4.79 Å². The third-order valence-electron chi connectivity index (χ3n) is 4.96. The molecule has 3 heteroatoms. The Bertz CT molecular complexity index is 481. The first kappa shape index (κ1) is 29.6. The number of carbonyl (C=O) groups excluding carboxylic acids is 1. The van der Waals surface area contributed by atoms with Crippen molar-refractivity contribution < 1.29 is 4.79 Å². The highest BCUT2D eigenvalue weighted by molar-refractivity contribution is 5.78. The second-order valence-corrected chi connectivity index (χ2v) is 7.51. The third-order valence-corrected chi connectivity index (χ3v) is 4.96. The van der Waals surface area contributed by atoms with Crippen molar-refractivity contribution in [3.63, 3.8) is 0 Å². The van der Waals surface area contributed by atoms with Gasteiger partial charge in [-0.05, 0) is 78.1 Å². The van der Waals surface area contributed by atoms with Crippen molar-refractivity contribution in [2.24, 2.45) is 5.92 Å². The number of Topliss-reactive ketones (excluding diaryl/α,β-unsaturated/α-hetero) is 1. The Labute approximate surface area is 181 Å². The van der Waals surface area contributed by atoms with E-state index in [-0.39, 0.29) is 0 Å². The average Bonchev–Trinajstić information content (AvgIpc) is 2.77. The molecule has 2 N–H and O–H groups in total. The highest BCUT2D eigenvalue weighted by atomic mass is 16.1. The second-order valence-electron chi connectivity index (χ2n) is 7.51. The van der Waals surface area contributed by atoms with Gasteiger partial charge < -0.3 is 10.6 Å². The Morgan fingerprint density at radius 1 is 0.931 bits per heavy atom. The number of hydrogen-bond acceptors (Lipinski definition) is 3. The lowest BCUT2D eigenvalue weighted by molar-refractivity contribution is -0.121. The fraction of sp³-hybridized carbons (Fsp3) is 0.654. The molecule has 0 aromatic rings. The number of carbonyl (C=O) groups is 1. The van der Waals surface area contributed by atoms with Gasteiger partial charge in [0.2, 0.25) is 0 Å². The summed E-state index contributed by atoms with van der Waals surface area (Å²) in [6.07, 6.45) is 16.2. The highest BCUT2D eigenvalue weighted by Crippen LogP contribution is 2.23. The van der Waals surface area contributed by atoms with E-state index < -0.39 is 0 Å². The maximum Gasteiger partial charge on any atom is 0.132 e. The molecule has 2 fully saturated rings. The number of allylic oxidation sites excluding steroid dienone is 5. The molecule has 2 aliphatic rings. The summed E-state index contributed by atoms with van der Waals surface area (Å²) >= 11 is 0. The van der Waals surface area contributed by atoms with Crippen LogP contribution in [0.25, 0.3) is 0 Å². The molecule has 0 radical (unpaired) electrons. The highest BCUT2D eigenvalue weighted by Gasteiger charge is 2.16. The predicted molar refractivity (Wildman–Crippen MR) is 131 cm³/mol. The molecule has 0 spiro atoms. The van der Waals surface area contributed by atoms with E-state index in [2.05, 4.69) is 23.8 Å². The van der Waals surface area contributed by atoms with Gasteiger partial charge in [0.05, 0.1) is 0 Å². The zero-order valence-corrected chi connectivity index (χ0v) is 20.2. The van der Waals surface area contributed by atoms with Gasteiger partial charge in [-0.2, -0.15) is 0 Å². The van der Waals surface area contributed by atoms with E-state index in [0.717, 1.165) is 29.7 Å². The number of ketones is 1. The van der Waals surface area contributed by atoms with Crippen LogP contribution in [0.1, 0.15) is 92.9 Å². The minimum absolute atomic E-state index is 0.398. The minimum Gasteiger partial charge on any atom is -0.365 e. The topological polar surface area (TPSA) is 41.1 Å². The Hall–Kier alpha value is -1.61. The van der Waals surface area contributed by atoms with Crippen LogP contribution in [0.5, 0.6) is 0 Å². The van der Waals surface area contributed by atoms with Crippen LogP contribution in [0.4, 0.5) is 0 Å². The summed E-state index contributed by atoms with van der Waals surface area (Å²) in [5.41, 5.74) is 3.07. The zero-order chi connectivity index (χ0) is 22.5. The van der Waals surface area contributed by atoms with Crippen molar-refractivity contribution >= 4 is 5.78 Å². The summed E-state index contributed by atoms with van der Waals surface area (Å²) in [5.74, 6) is 0.813. The molecule has 1 aliphatic carbocycles. The molecule has 0 atom stereocenters. The quantitative estimate of drug-likeness (QED) is 0.481. The maximum atomic E-state index is 10.8. The molecule has 0 aromatic heterocycles. The lowest BCUT2D eigenvalue weighted by atomic mass is 9.87. The van der Waals surface area contributed by atoms with Gasteiger partial charge in [0.15, 0.2) is 0 Å². The second kappa shape index (κ2) is 21.1. The van der Waals surface area contributed by atoms with Crippen LogP contribution in [-0.4, -0.2) is 18.9 Å². The van der Waals surface area contributed by atoms with Crippen molar-refractivity contribution in [1.29, 1.82) is 0 Å². The molecule has 1 aliphatic heterocycles. The van der Waals surface area contributed by atoms with Crippen LogP contribution < -0.4 is 10.6 Å². The summed E-state index contributed by atoms with van der Waals surface area (Å²) in [7, 11) is 0. The SMILES string of the molecule is C1CCNCC1.C=C(C)C(=C)/C=C\N/C(C)=C\C.CC.CC(=O)C1CCCCC1. The van der Waals surface area contributed by atoms with Gasteiger partial charge in [0, 0.05) is 17.8 Å². The molecule has 0 amide bonds. The molecular weight excluding hydrogens is 356 g/mol. The van der Waals surface area contributed by atoms with E-state index in [1.807, 2.05) is 53.0 Å². The van der Waals surface area contributed by atoms with Crippen LogP contribution in [0.2, 0.25) is 0 Å². The smallest absolute Gasteiger partial charge is 0.132 e. The normalized spacial score (nSPS) is 16.8. The molecule has 29 heavy (non-hydrogen) atoms. The maximum absolute atomic E-state index is 10.8. The Morgan fingerprint density at radius 2 is 1.45 bits per heavy atom. The van der Waals surface area contributed by atoms with Crippen molar-refractivity contribution in [1.82, 2.24) is 10.6 Å². The molecule has 1 heterocycles. The lowest BCUT2D eigenvalue weighted by Crippen LogP contribution is -2.21. The monoisotopic (exact) mass is 404 g/mol. The number of nitrogens with one attached hydrogen (secondary N) is 2. The Balaban J connectivity index is 0. The molecule has 0 bridgehead atoms. The molecule has 1 saturated carbocycles. The van der Waals surface area contributed by atoms with E-state index in [0.29, 0.717) is 11.7 Å². The first-order valence-electron chi connectivity index (χ1n) is 11.5. The fourth-order valence-electron chi connectivity index (χ4n) is 2.81. The van der Waals surface area contributed by atoms with E-state index in [9.17, 15) is 4.79 Å². The number of hydrogen-bond donors (Lipinski definition) is 2. The van der Waals surface area contributed by atoms with Crippen molar-refractivity contribution in [3.8, 4) is 0 Å². The van der Waals surface area contributed by atoms with Crippen molar-refractivity contribution in [3.05, 3.63) is 48.4 Å². The van der Waals surface area contributed by atoms with Crippen molar-refractivity contribution in [2.45, 2.75) is 92.9 Å². The molecule has 1 saturated heterocycles. The largest absolute Gasteiger partial charge is 0.365 e. The summed E-state index contributed by atoms with van der Waals surface area (Å²) in [6.45, 7) is 21.8. The molecule has 0 unspecified atom stereocenters. The lowest BCUT2D eigenvalue weighted by Gasteiger charge is -2.17. The molecule has 2 rings (SSSR count). The molecule has 168 valence electrons. The van der Waals surface area contributed by atoms with Crippen molar-refractivity contribution in [2.75, 3.05) is 13.1 Å². The Morgan fingerprint density at radius 3 is 1.76 bits per heavy atom. The van der Waals surface area contributed by atoms with Gasteiger partial charge in [-0.3, -0.25) is 4.79 Å². The molecule has 3 nitrogen and oxygen atoms in total. The van der Waals surface area contributed by atoms with Crippen LogP contribution in [0.15, 0.2) is 48.4 Å². The summed E-state index contributed by atoms with van der Waals surface area (Å²) < 4.78 is 0. The zero-order valence-electron chi connectivity index (χ0n) is 20.2. The van der Waals surface area contributed by atoms with Gasteiger partial charge in [0.25, 0.3) is 0 Å². The Kier molecular flexibility index (Phi) is 21.5. The molecule has 0 aromatic carbocycles. The van der Waals surface area contributed by atoms with E-state index in [4.69, 9.17) is 0 Å². The van der Waals surface area contributed by atoms with E-state index >= 15 is 0 Å².